The standard InChI is InChI=1S/C18H23Cl2O2.Y/c1-2-3-4-5-9-15-16(18(21)11-17(15)20)12-22-14-8-6-7-13(19)10-14;/h4-8,10,15-18,21H,1-3,9,11-12H2;/q-1;/b5-4-;/t15-,16-,17-,18-;/m1./s1. The molecule has 0 aromatic heterocycles. The number of aliphatic hydroxyl groups excluding tert-OH is 1. The first kappa shape index (κ1) is 21.4. The van der Waals surface area contributed by atoms with Gasteiger partial charge in [-0.05, 0) is 37.0 Å². The minimum Gasteiger partial charge on any atom is -0.493 e. The van der Waals surface area contributed by atoms with Gasteiger partial charge in [-0.3, -0.25) is 0 Å². The van der Waals surface area contributed by atoms with Crippen LogP contribution in [0.4, 0.5) is 0 Å². The third kappa shape index (κ3) is 6.67. The molecule has 125 valence electrons. The topological polar surface area (TPSA) is 29.5 Å². The smallest absolute Gasteiger partial charge is 0.120 e. The third-order valence-electron chi connectivity index (χ3n) is 4.16. The van der Waals surface area contributed by atoms with E-state index < -0.39 is 6.10 Å². The number of rotatable bonds is 7. The Morgan fingerprint density at radius 1 is 1.30 bits per heavy atom. The number of benzene rings is 1. The maximum atomic E-state index is 10.2. The zero-order valence-electron chi connectivity index (χ0n) is 13.2. The van der Waals surface area contributed by atoms with Crippen LogP contribution in [0.3, 0.4) is 0 Å². The second-order valence-corrected chi connectivity index (χ2v) is 6.76. The van der Waals surface area contributed by atoms with Gasteiger partial charge in [0, 0.05) is 49.0 Å². The fourth-order valence-corrected chi connectivity index (χ4v) is 3.58. The van der Waals surface area contributed by atoms with Crippen molar-refractivity contribution < 1.29 is 42.6 Å². The summed E-state index contributed by atoms with van der Waals surface area (Å²) in [4.78, 5) is 0. The van der Waals surface area contributed by atoms with Crippen molar-refractivity contribution >= 4 is 23.2 Å². The second kappa shape index (κ2) is 11.1. The van der Waals surface area contributed by atoms with Crippen molar-refractivity contribution in [2.45, 2.75) is 37.2 Å². The van der Waals surface area contributed by atoms with Gasteiger partial charge in [-0.15, -0.1) is 11.6 Å². The van der Waals surface area contributed by atoms with Gasteiger partial charge in [0.2, 0.25) is 0 Å². The summed E-state index contributed by atoms with van der Waals surface area (Å²) >= 11 is 12.4. The van der Waals surface area contributed by atoms with E-state index in [4.69, 9.17) is 27.9 Å². The number of unbranched alkanes of at least 4 members (excludes halogenated alkanes) is 1. The third-order valence-corrected chi connectivity index (χ3v) is 4.90. The molecule has 1 radical (unpaired) electrons. The first-order valence-corrected chi connectivity index (χ1v) is 8.58. The SMILES string of the molecule is [CH2-]CC/C=C\C[C@@H]1[C@@H](COc2cccc(Cl)c2)[C@H](O)C[C@H]1Cl.[Y]. The molecule has 4 atom stereocenters. The summed E-state index contributed by atoms with van der Waals surface area (Å²) in [6.07, 6.45) is 7.24. The normalized spacial score (nSPS) is 27.1. The number of hydrogen-bond donors (Lipinski definition) is 1. The van der Waals surface area contributed by atoms with E-state index in [9.17, 15) is 5.11 Å². The summed E-state index contributed by atoms with van der Waals surface area (Å²) in [5, 5.41) is 10.9. The maximum absolute atomic E-state index is 10.2. The van der Waals surface area contributed by atoms with E-state index in [1.165, 1.54) is 0 Å². The quantitative estimate of drug-likeness (QED) is 0.379. The van der Waals surface area contributed by atoms with Gasteiger partial charge >= 0.3 is 0 Å². The average molecular weight is 431 g/mol. The van der Waals surface area contributed by atoms with Crippen LogP contribution in [0.1, 0.15) is 25.7 Å². The molecule has 1 saturated carbocycles. The summed E-state index contributed by atoms with van der Waals surface area (Å²) in [7, 11) is 0. The van der Waals surface area contributed by atoms with Crippen LogP contribution in [0.15, 0.2) is 36.4 Å². The Morgan fingerprint density at radius 2 is 2.09 bits per heavy atom. The molecular weight excluding hydrogens is 408 g/mol. The van der Waals surface area contributed by atoms with Crippen molar-refractivity contribution in [2.75, 3.05) is 6.61 Å². The Labute approximate surface area is 174 Å². The molecule has 1 aliphatic rings. The molecule has 23 heavy (non-hydrogen) atoms. The molecule has 0 spiro atoms. The van der Waals surface area contributed by atoms with E-state index in [-0.39, 0.29) is 49.9 Å². The Hall–Kier alpha value is 0.404. The van der Waals surface area contributed by atoms with Crippen molar-refractivity contribution in [3.05, 3.63) is 48.4 Å². The Kier molecular flexibility index (Phi) is 10.4. The van der Waals surface area contributed by atoms with Crippen LogP contribution in [-0.4, -0.2) is 23.2 Å². The van der Waals surface area contributed by atoms with Gasteiger partial charge in [-0.1, -0.05) is 36.2 Å². The second-order valence-electron chi connectivity index (χ2n) is 5.76. The molecule has 0 unspecified atom stereocenters. The number of alkyl halides is 1. The minimum absolute atomic E-state index is 0. The van der Waals surface area contributed by atoms with Gasteiger partial charge in [0.1, 0.15) is 5.75 Å². The molecule has 2 nitrogen and oxygen atoms in total. The van der Waals surface area contributed by atoms with E-state index >= 15 is 0 Å². The molecule has 0 amide bonds. The van der Waals surface area contributed by atoms with Crippen LogP contribution in [0, 0.1) is 18.8 Å². The summed E-state index contributed by atoms with van der Waals surface area (Å²) in [5.41, 5.74) is 0. The van der Waals surface area contributed by atoms with Crippen LogP contribution >= 0.6 is 23.2 Å². The van der Waals surface area contributed by atoms with E-state index in [0.717, 1.165) is 25.0 Å². The van der Waals surface area contributed by atoms with E-state index in [1.54, 1.807) is 6.07 Å². The van der Waals surface area contributed by atoms with Crippen molar-refractivity contribution in [2.24, 2.45) is 11.8 Å². The van der Waals surface area contributed by atoms with Crippen molar-refractivity contribution in [1.29, 1.82) is 0 Å². The van der Waals surface area contributed by atoms with Crippen LogP contribution in [-0.2, 0) is 32.7 Å². The Balaban J connectivity index is 0.00000264. The molecule has 0 heterocycles. The predicted octanol–water partition coefficient (Wildman–Crippen LogP) is 4.88. The first-order valence-electron chi connectivity index (χ1n) is 7.76. The molecule has 2 rings (SSSR count). The fraction of sp³-hybridized carbons (Fsp3) is 0.500. The van der Waals surface area contributed by atoms with E-state index in [2.05, 4.69) is 19.1 Å². The maximum Gasteiger partial charge on any atom is 0.120 e. The molecule has 1 aliphatic carbocycles. The fourth-order valence-electron chi connectivity index (χ4n) is 2.93. The number of allylic oxidation sites excluding steroid dienone is 2. The number of ether oxygens (including phenoxy) is 1. The van der Waals surface area contributed by atoms with Crippen LogP contribution in [0.5, 0.6) is 5.75 Å². The predicted molar refractivity (Wildman–Crippen MR) is 92.5 cm³/mol. The molecule has 0 aliphatic heterocycles. The number of aliphatic hydroxyl groups is 1. The van der Waals surface area contributed by atoms with Gasteiger partial charge in [-0.25, -0.2) is 0 Å². The van der Waals surface area contributed by atoms with Gasteiger partial charge < -0.3 is 16.8 Å². The van der Waals surface area contributed by atoms with Gasteiger partial charge in [0.15, 0.2) is 0 Å². The molecule has 0 bridgehead atoms. The van der Waals surface area contributed by atoms with Gasteiger partial charge in [-0.2, -0.15) is 6.42 Å². The summed E-state index contributed by atoms with van der Waals surface area (Å²) < 4.78 is 5.81. The van der Waals surface area contributed by atoms with Crippen molar-refractivity contribution in [3.63, 3.8) is 0 Å². The van der Waals surface area contributed by atoms with Crippen LogP contribution < -0.4 is 4.74 Å². The average Bonchev–Trinajstić information content (AvgIpc) is 2.75. The van der Waals surface area contributed by atoms with Crippen molar-refractivity contribution in [3.8, 4) is 5.75 Å². The zero-order chi connectivity index (χ0) is 15.9. The number of halogens is 2. The Bertz CT molecular complexity index is 496. The van der Waals surface area contributed by atoms with Crippen LogP contribution in [0.2, 0.25) is 5.02 Å². The van der Waals surface area contributed by atoms with Crippen molar-refractivity contribution in [1.82, 2.24) is 0 Å². The molecule has 1 aromatic carbocycles. The molecular formula is C18H23Cl2O2Y-. The molecule has 1 aromatic rings. The van der Waals surface area contributed by atoms with Gasteiger partial charge in [0.25, 0.3) is 0 Å². The van der Waals surface area contributed by atoms with Gasteiger partial charge in [0.05, 0.1) is 12.7 Å². The molecule has 1 fully saturated rings. The van der Waals surface area contributed by atoms with E-state index in [0.29, 0.717) is 18.1 Å². The first-order chi connectivity index (χ1) is 10.6. The largest absolute Gasteiger partial charge is 0.493 e. The number of hydrogen-bond acceptors (Lipinski definition) is 2. The molecule has 1 N–H and O–H groups in total. The minimum atomic E-state index is -0.409. The Morgan fingerprint density at radius 3 is 2.78 bits per heavy atom. The zero-order valence-corrected chi connectivity index (χ0v) is 17.6. The summed E-state index contributed by atoms with van der Waals surface area (Å²) in [6.45, 7) is 4.28. The summed E-state index contributed by atoms with van der Waals surface area (Å²) in [6, 6.07) is 7.31. The summed E-state index contributed by atoms with van der Waals surface area (Å²) in [5.74, 6) is 1.01. The monoisotopic (exact) mass is 430 g/mol. The molecule has 0 saturated heterocycles. The molecule has 5 heteroatoms. The van der Waals surface area contributed by atoms with E-state index in [1.807, 2.05) is 18.2 Å². The van der Waals surface area contributed by atoms with Crippen LogP contribution in [0.25, 0.3) is 0 Å².